The lowest BCUT2D eigenvalue weighted by Gasteiger charge is -2.28. The minimum absolute atomic E-state index is 1.14. The molecular formula is C62H45N3. The number of aryl methyl sites for hydroxylation is 2. The first kappa shape index (κ1) is 38.3. The van der Waals surface area contributed by atoms with Crippen LogP contribution in [0, 0.1) is 13.8 Å². The highest BCUT2D eigenvalue weighted by atomic mass is 15.1. The van der Waals surface area contributed by atoms with E-state index >= 15 is 0 Å². The monoisotopic (exact) mass is 831 g/mol. The molecule has 0 unspecified atom stereocenters. The van der Waals surface area contributed by atoms with Gasteiger partial charge in [0.15, 0.2) is 0 Å². The molecule has 308 valence electrons. The maximum atomic E-state index is 2.40. The maximum Gasteiger partial charge on any atom is 0.0541 e. The van der Waals surface area contributed by atoms with Crippen LogP contribution in [0.2, 0.25) is 0 Å². The summed E-state index contributed by atoms with van der Waals surface area (Å²) in [7, 11) is 0. The molecule has 12 rings (SSSR count). The lowest BCUT2D eigenvalue weighted by Crippen LogP contribution is -2.12. The van der Waals surface area contributed by atoms with E-state index in [0.717, 1.165) is 11.4 Å². The fourth-order valence-electron chi connectivity index (χ4n) is 9.94. The highest BCUT2D eigenvalue weighted by Gasteiger charge is 2.19. The first-order valence-electron chi connectivity index (χ1n) is 22.4. The van der Waals surface area contributed by atoms with Gasteiger partial charge in [0, 0.05) is 50.0 Å². The van der Waals surface area contributed by atoms with Crippen LogP contribution in [0.15, 0.2) is 237 Å². The second kappa shape index (κ2) is 15.7. The molecule has 3 heteroatoms. The largest absolute Gasteiger partial charge is 0.310 e. The standard InChI is InChI=1S/C62H45N3/c1-42-15-9-12-22-57(42)63(58-23-13-10-16-43(58)2)52-34-29-45(30-35-52)44-25-27-46(28-26-44)47-31-36-61-55(39-47)56-41-49(33-38-62(56)65(61)51-19-7-4-8-20-51)48-32-37-60-54(40-48)53-21-11-14-24-59(53)64(60)50-17-5-3-6-18-50/h3-41H,1-2H3. The van der Waals surface area contributed by atoms with Crippen LogP contribution in [0.4, 0.5) is 17.1 Å². The van der Waals surface area contributed by atoms with E-state index in [0.29, 0.717) is 0 Å². The number of hydrogen-bond acceptors (Lipinski definition) is 1. The fourth-order valence-corrected chi connectivity index (χ4v) is 9.94. The Morgan fingerprint density at radius 3 is 1.09 bits per heavy atom. The van der Waals surface area contributed by atoms with Crippen LogP contribution in [0.1, 0.15) is 11.1 Å². The normalized spacial score (nSPS) is 11.5. The van der Waals surface area contributed by atoms with Gasteiger partial charge in [-0.05, 0) is 149 Å². The highest BCUT2D eigenvalue weighted by Crippen LogP contribution is 2.41. The van der Waals surface area contributed by atoms with Gasteiger partial charge < -0.3 is 14.0 Å². The van der Waals surface area contributed by atoms with Crippen molar-refractivity contribution in [2.45, 2.75) is 13.8 Å². The van der Waals surface area contributed by atoms with Crippen LogP contribution >= 0.6 is 0 Å². The maximum absolute atomic E-state index is 2.40. The molecule has 0 radical (unpaired) electrons. The van der Waals surface area contributed by atoms with Gasteiger partial charge in [0.25, 0.3) is 0 Å². The van der Waals surface area contributed by atoms with Crippen molar-refractivity contribution < 1.29 is 0 Å². The molecule has 0 spiro atoms. The van der Waals surface area contributed by atoms with Crippen LogP contribution < -0.4 is 4.90 Å². The Morgan fingerprint density at radius 2 is 0.615 bits per heavy atom. The second-order valence-corrected chi connectivity index (χ2v) is 17.1. The van der Waals surface area contributed by atoms with Gasteiger partial charge >= 0.3 is 0 Å². The van der Waals surface area contributed by atoms with Gasteiger partial charge in [-0.1, -0.05) is 146 Å². The van der Waals surface area contributed by atoms with Crippen LogP contribution in [0.3, 0.4) is 0 Å². The third kappa shape index (κ3) is 6.60. The molecule has 0 saturated carbocycles. The van der Waals surface area contributed by atoms with Crippen molar-refractivity contribution >= 4 is 60.7 Å². The summed E-state index contributed by atoms with van der Waals surface area (Å²) in [5.41, 5.74) is 20.3. The van der Waals surface area contributed by atoms with E-state index in [1.807, 2.05) is 0 Å². The summed E-state index contributed by atoms with van der Waals surface area (Å²) in [6.45, 7) is 4.36. The fraction of sp³-hybridized carbons (Fsp3) is 0.0323. The van der Waals surface area contributed by atoms with E-state index in [1.165, 1.54) is 105 Å². The van der Waals surface area contributed by atoms with Gasteiger partial charge in [0.05, 0.1) is 22.1 Å². The average molecular weight is 832 g/mol. The van der Waals surface area contributed by atoms with Gasteiger partial charge in [-0.15, -0.1) is 0 Å². The van der Waals surface area contributed by atoms with E-state index in [-0.39, 0.29) is 0 Å². The molecule has 0 N–H and O–H groups in total. The van der Waals surface area contributed by atoms with Gasteiger partial charge in [0.2, 0.25) is 0 Å². The topological polar surface area (TPSA) is 13.1 Å². The van der Waals surface area contributed by atoms with Crippen molar-refractivity contribution in [1.29, 1.82) is 0 Å². The predicted octanol–water partition coefficient (Wildman–Crippen LogP) is 17.0. The van der Waals surface area contributed by atoms with Gasteiger partial charge in [0.1, 0.15) is 0 Å². The molecule has 0 fully saturated rings. The summed E-state index contributed by atoms with van der Waals surface area (Å²) in [6.07, 6.45) is 0. The zero-order valence-electron chi connectivity index (χ0n) is 36.4. The molecule has 12 aromatic rings. The number of nitrogens with zero attached hydrogens (tertiary/aromatic N) is 3. The van der Waals surface area contributed by atoms with Crippen LogP contribution in [0.25, 0.3) is 88.4 Å². The molecule has 3 nitrogen and oxygen atoms in total. The Bertz CT molecular complexity index is 3660. The van der Waals surface area contributed by atoms with E-state index in [9.17, 15) is 0 Å². The Hall–Kier alpha value is -8.40. The molecule has 10 aromatic carbocycles. The van der Waals surface area contributed by atoms with Crippen LogP contribution in [0.5, 0.6) is 0 Å². The quantitative estimate of drug-likeness (QED) is 0.149. The number of fused-ring (bicyclic) bond motifs is 6. The number of hydrogen-bond donors (Lipinski definition) is 0. The van der Waals surface area contributed by atoms with Crippen LogP contribution in [-0.2, 0) is 0 Å². The molecule has 2 aromatic heterocycles. The van der Waals surface area contributed by atoms with Crippen LogP contribution in [-0.4, -0.2) is 9.13 Å². The summed E-state index contributed by atoms with van der Waals surface area (Å²) in [4.78, 5) is 2.37. The summed E-state index contributed by atoms with van der Waals surface area (Å²) in [6, 6.07) is 86.3. The molecule has 0 aliphatic carbocycles. The van der Waals surface area contributed by atoms with Gasteiger partial charge in [-0.2, -0.15) is 0 Å². The molecule has 2 heterocycles. The Balaban J connectivity index is 0.920. The van der Waals surface area contributed by atoms with Gasteiger partial charge in [-0.25, -0.2) is 0 Å². The first-order chi connectivity index (χ1) is 32.1. The van der Waals surface area contributed by atoms with Crippen molar-refractivity contribution in [3.8, 4) is 44.8 Å². The molecule has 0 bridgehead atoms. The van der Waals surface area contributed by atoms with Crippen molar-refractivity contribution in [2.75, 3.05) is 4.90 Å². The smallest absolute Gasteiger partial charge is 0.0541 e. The zero-order valence-corrected chi connectivity index (χ0v) is 36.4. The Kier molecular flexibility index (Phi) is 9.28. The second-order valence-electron chi connectivity index (χ2n) is 17.1. The van der Waals surface area contributed by atoms with Crippen molar-refractivity contribution in [3.63, 3.8) is 0 Å². The number of benzene rings is 10. The number of aromatic nitrogens is 2. The number of anilines is 3. The van der Waals surface area contributed by atoms with Crippen molar-refractivity contribution in [1.82, 2.24) is 9.13 Å². The molecule has 0 saturated heterocycles. The van der Waals surface area contributed by atoms with E-state index in [4.69, 9.17) is 0 Å². The zero-order chi connectivity index (χ0) is 43.4. The van der Waals surface area contributed by atoms with Gasteiger partial charge in [-0.3, -0.25) is 0 Å². The molecule has 0 aliphatic heterocycles. The van der Waals surface area contributed by atoms with Crippen molar-refractivity contribution in [2.24, 2.45) is 0 Å². The summed E-state index contributed by atoms with van der Waals surface area (Å²) in [5.74, 6) is 0. The summed E-state index contributed by atoms with van der Waals surface area (Å²) in [5, 5.41) is 4.97. The van der Waals surface area contributed by atoms with E-state index < -0.39 is 0 Å². The predicted molar refractivity (Wildman–Crippen MR) is 276 cm³/mol. The third-order valence-electron chi connectivity index (χ3n) is 13.2. The minimum Gasteiger partial charge on any atom is -0.310 e. The van der Waals surface area contributed by atoms with E-state index in [2.05, 4.69) is 264 Å². The molecule has 0 aliphatic rings. The lowest BCUT2D eigenvalue weighted by atomic mass is 9.97. The summed E-state index contributed by atoms with van der Waals surface area (Å²) >= 11 is 0. The third-order valence-corrected chi connectivity index (χ3v) is 13.2. The Morgan fingerprint density at radius 1 is 0.277 bits per heavy atom. The lowest BCUT2D eigenvalue weighted by molar-refractivity contribution is 1.18. The molecule has 0 atom stereocenters. The average Bonchev–Trinajstić information content (AvgIpc) is 3.88. The van der Waals surface area contributed by atoms with Crippen molar-refractivity contribution in [3.05, 3.63) is 248 Å². The SMILES string of the molecule is Cc1ccccc1N(c1ccc(-c2ccc(-c3ccc4c(c3)c3cc(-c5ccc6c(c5)c5ccccc5n6-c5ccccc5)ccc3n4-c3ccccc3)cc2)cc1)c1ccccc1C. The Labute approximate surface area is 379 Å². The minimum atomic E-state index is 1.14. The number of para-hydroxylation sites is 5. The van der Waals surface area contributed by atoms with E-state index in [1.54, 1.807) is 0 Å². The summed E-state index contributed by atoms with van der Waals surface area (Å²) < 4.78 is 4.78. The number of rotatable bonds is 8. The highest BCUT2D eigenvalue weighted by molar-refractivity contribution is 6.13. The first-order valence-corrected chi connectivity index (χ1v) is 22.4. The molecule has 0 amide bonds. The molecular weight excluding hydrogens is 787 g/mol. The molecule has 65 heavy (non-hydrogen) atoms.